The van der Waals surface area contributed by atoms with Gasteiger partial charge in [-0.1, -0.05) is 97.8 Å². The van der Waals surface area contributed by atoms with Crippen molar-refractivity contribution in [3.8, 4) is 11.1 Å². The van der Waals surface area contributed by atoms with Crippen molar-refractivity contribution in [2.45, 2.75) is 50.6 Å². The molecule has 0 spiro atoms. The largest absolute Gasteiger partial charge is 0.354 e. The molecule has 3 aromatic carbocycles. The van der Waals surface area contributed by atoms with Gasteiger partial charge in [0.15, 0.2) is 0 Å². The normalized spacial score (nSPS) is 12.5. The van der Waals surface area contributed by atoms with E-state index in [0.29, 0.717) is 25.9 Å². The number of benzene rings is 3. The summed E-state index contributed by atoms with van der Waals surface area (Å²) in [5.41, 5.74) is 9.95. The van der Waals surface area contributed by atoms with Crippen molar-refractivity contribution in [2.24, 2.45) is 5.73 Å². The highest BCUT2D eigenvalue weighted by Crippen LogP contribution is 2.20. The predicted octanol–water partition coefficient (Wildman–Crippen LogP) is 4.19. The third-order valence-electron chi connectivity index (χ3n) is 6.97. The number of carbonyl (C=O) groups excluding carboxylic acids is 2. The van der Waals surface area contributed by atoms with Gasteiger partial charge in [-0.2, -0.15) is 0 Å². The summed E-state index contributed by atoms with van der Waals surface area (Å²) in [6.07, 6.45) is 5.00. The summed E-state index contributed by atoms with van der Waals surface area (Å²) >= 11 is 0. The SMILES string of the molecule is CN[C@H](Cc1ccc(-c2ccccc2)cc1)C(=O)N(C)[C@H](Cc1ccccc1)C(=O)NCCCCCCN. The Morgan fingerprint density at radius 2 is 1.34 bits per heavy atom. The van der Waals surface area contributed by atoms with E-state index in [1.54, 1.807) is 19.0 Å². The summed E-state index contributed by atoms with van der Waals surface area (Å²) in [6, 6.07) is 27.4. The van der Waals surface area contributed by atoms with Gasteiger partial charge in [0.05, 0.1) is 6.04 Å². The van der Waals surface area contributed by atoms with Crippen LogP contribution in [0.1, 0.15) is 36.8 Å². The lowest BCUT2D eigenvalue weighted by Gasteiger charge is -2.31. The number of amides is 2. The monoisotopic (exact) mass is 514 g/mol. The molecule has 0 heterocycles. The van der Waals surface area contributed by atoms with Gasteiger partial charge in [0.25, 0.3) is 0 Å². The molecule has 4 N–H and O–H groups in total. The molecular formula is C32H42N4O2. The fourth-order valence-electron chi connectivity index (χ4n) is 4.61. The first-order valence-corrected chi connectivity index (χ1v) is 13.6. The minimum Gasteiger partial charge on any atom is -0.354 e. The van der Waals surface area contributed by atoms with E-state index in [1.165, 1.54) is 0 Å². The summed E-state index contributed by atoms with van der Waals surface area (Å²) in [5, 5.41) is 6.23. The molecule has 38 heavy (non-hydrogen) atoms. The van der Waals surface area contributed by atoms with E-state index < -0.39 is 12.1 Å². The molecule has 0 aliphatic heterocycles. The van der Waals surface area contributed by atoms with E-state index in [4.69, 9.17) is 5.73 Å². The van der Waals surface area contributed by atoms with Crippen LogP contribution in [0.5, 0.6) is 0 Å². The lowest BCUT2D eigenvalue weighted by molar-refractivity contribution is -0.140. The molecule has 0 saturated heterocycles. The summed E-state index contributed by atoms with van der Waals surface area (Å²) in [5.74, 6) is -0.218. The number of hydrogen-bond acceptors (Lipinski definition) is 4. The molecule has 0 aromatic heterocycles. The van der Waals surface area contributed by atoms with Crippen LogP contribution in [-0.4, -0.2) is 56.0 Å². The fraction of sp³-hybridized carbons (Fsp3) is 0.375. The first-order chi connectivity index (χ1) is 18.5. The summed E-state index contributed by atoms with van der Waals surface area (Å²) in [4.78, 5) is 28.5. The van der Waals surface area contributed by atoms with Crippen LogP contribution in [0, 0.1) is 0 Å². The van der Waals surface area contributed by atoms with E-state index in [0.717, 1.165) is 47.9 Å². The molecule has 0 unspecified atom stereocenters. The minimum absolute atomic E-state index is 0.0985. The lowest BCUT2D eigenvalue weighted by Crippen LogP contribution is -2.54. The minimum atomic E-state index is -0.592. The van der Waals surface area contributed by atoms with Gasteiger partial charge in [-0.15, -0.1) is 0 Å². The topological polar surface area (TPSA) is 87.5 Å². The molecule has 202 valence electrons. The highest BCUT2D eigenvalue weighted by atomic mass is 16.2. The molecule has 0 radical (unpaired) electrons. The van der Waals surface area contributed by atoms with Crippen molar-refractivity contribution in [2.75, 3.05) is 27.2 Å². The number of nitrogens with zero attached hydrogens (tertiary/aromatic N) is 1. The number of rotatable bonds is 15. The van der Waals surface area contributed by atoms with Gasteiger partial charge < -0.3 is 21.3 Å². The molecule has 0 aliphatic rings. The van der Waals surface area contributed by atoms with Crippen molar-refractivity contribution in [3.63, 3.8) is 0 Å². The van der Waals surface area contributed by atoms with Crippen molar-refractivity contribution in [1.82, 2.24) is 15.5 Å². The number of likely N-dealkylation sites (N-methyl/N-ethyl adjacent to an activating group) is 2. The molecule has 3 aromatic rings. The van der Waals surface area contributed by atoms with Crippen LogP contribution in [0.2, 0.25) is 0 Å². The van der Waals surface area contributed by atoms with E-state index >= 15 is 0 Å². The molecule has 0 aliphatic carbocycles. The Kier molecular flexibility index (Phi) is 12.0. The second kappa shape index (κ2) is 15.7. The molecular weight excluding hydrogens is 472 g/mol. The second-order valence-corrected chi connectivity index (χ2v) is 9.76. The van der Waals surface area contributed by atoms with Crippen molar-refractivity contribution < 1.29 is 9.59 Å². The first-order valence-electron chi connectivity index (χ1n) is 13.6. The van der Waals surface area contributed by atoms with E-state index in [-0.39, 0.29) is 11.8 Å². The highest BCUT2D eigenvalue weighted by molar-refractivity contribution is 5.90. The molecule has 3 rings (SSSR count). The van der Waals surface area contributed by atoms with Crippen molar-refractivity contribution >= 4 is 11.8 Å². The number of nitrogens with one attached hydrogen (secondary N) is 2. The van der Waals surface area contributed by atoms with Gasteiger partial charge in [-0.25, -0.2) is 0 Å². The van der Waals surface area contributed by atoms with Crippen LogP contribution in [-0.2, 0) is 22.4 Å². The number of hydrogen-bond donors (Lipinski definition) is 3. The molecule has 6 nitrogen and oxygen atoms in total. The average molecular weight is 515 g/mol. The summed E-state index contributed by atoms with van der Waals surface area (Å²) in [7, 11) is 3.53. The second-order valence-electron chi connectivity index (χ2n) is 9.76. The third-order valence-corrected chi connectivity index (χ3v) is 6.97. The molecule has 2 atom stereocenters. The lowest BCUT2D eigenvalue weighted by atomic mass is 9.99. The fourth-order valence-corrected chi connectivity index (χ4v) is 4.61. The zero-order valence-electron chi connectivity index (χ0n) is 22.7. The van der Waals surface area contributed by atoms with Gasteiger partial charge in [0, 0.05) is 20.0 Å². The van der Waals surface area contributed by atoms with Crippen LogP contribution in [0.3, 0.4) is 0 Å². The quantitative estimate of drug-likeness (QED) is 0.266. The smallest absolute Gasteiger partial charge is 0.243 e. The number of carbonyl (C=O) groups is 2. The van der Waals surface area contributed by atoms with Crippen LogP contribution in [0.25, 0.3) is 11.1 Å². The Morgan fingerprint density at radius 1 is 0.763 bits per heavy atom. The average Bonchev–Trinajstić information content (AvgIpc) is 2.97. The van der Waals surface area contributed by atoms with Crippen LogP contribution < -0.4 is 16.4 Å². The highest BCUT2D eigenvalue weighted by Gasteiger charge is 2.31. The first kappa shape index (κ1) is 29.1. The Morgan fingerprint density at radius 3 is 1.97 bits per heavy atom. The molecule has 0 fully saturated rings. The molecule has 0 saturated carbocycles. The van der Waals surface area contributed by atoms with Gasteiger partial charge in [-0.3, -0.25) is 9.59 Å². The Hall–Kier alpha value is -3.48. The maximum Gasteiger partial charge on any atom is 0.243 e. The van der Waals surface area contributed by atoms with Crippen LogP contribution in [0.15, 0.2) is 84.9 Å². The molecule has 6 heteroatoms. The maximum atomic E-state index is 13.6. The van der Waals surface area contributed by atoms with E-state index in [1.807, 2.05) is 48.5 Å². The van der Waals surface area contributed by atoms with Gasteiger partial charge in [0.2, 0.25) is 11.8 Å². The van der Waals surface area contributed by atoms with Crippen molar-refractivity contribution in [3.05, 3.63) is 96.1 Å². The third kappa shape index (κ3) is 8.82. The zero-order chi connectivity index (χ0) is 27.2. The Labute approximate surface area is 227 Å². The van der Waals surface area contributed by atoms with Gasteiger partial charge >= 0.3 is 0 Å². The number of unbranched alkanes of at least 4 members (excludes halogenated alkanes) is 3. The Bertz CT molecular complexity index is 1100. The van der Waals surface area contributed by atoms with Crippen LogP contribution in [0.4, 0.5) is 0 Å². The molecule has 2 amide bonds. The van der Waals surface area contributed by atoms with Gasteiger partial charge in [0.1, 0.15) is 6.04 Å². The van der Waals surface area contributed by atoms with Crippen LogP contribution >= 0.6 is 0 Å². The summed E-state index contributed by atoms with van der Waals surface area (Å²) in [6.45, 7) is 1.29. The predicted molar refractivity (Wildman–Crippen MR) is 156 cm³/mol. The number of nitrogens with two attached hydrogens (primary N) is 1. The zero-order valence-corrected chi connectivity index (χ0v) is 22.7. The maximum absolute atomic E-state index is 13.6. The standard InChI is InChI=1S/C32H42N4O2/c1-34-29(23-26-17-19-28(20-18-26)27-15-9-6-10-16-27)32(38)36(2)30(24-25-13-7-5-8-14-25)31(37)35-22-12-4-3-11-21-33/h5-10,13-20,29-30,34H,3-4,11-12,21-24,33H2,1-2H3,(H,35,37)/t29-,30-/m1/s1. The van der Waals surface area contributed by atoms with E-state index in [9.17, 15) is 9.59 Å². The Balaban J connectivity index is 1.67. The van der Waals surface area contributed by atoms with Crippen molar-refractivity contribution in [1.29, 1.82) is 0 Å². The summed E-state index contributed by atoms with van der Waals surface area (Å²) < 4.78 is 0. The molecule has 0 bridgehead atoms. The van der Waals surface area contributed by atoms with Gasteiger partial charge in [-0.05, 0) is 55.1 Å². The van der Waals surface area contributed by atoms with E-state index in [2.05, 4.69) is 47.0 Å².